The van der Waals surface area contributed by atoms with Gasteiger partial charge in [-0.1, -0.05) is 104 Å². The number of nitrogens with one attached hydrogen (secondary N) is 6. The predicted molar refractivity (Wildman–Crippen MR) is 226 cm³/mol. The van der Waals surface area contributed by atoms with Crippen LogP contribution < -0.4 is 54.8 Å². The summed E-state index contributed by atoms with van der Waals surface area (Å²) in [6.07, 6.45) is 1.11. The number of nitrogens with zero attached hydrogens (tertiary/aromatic N) is 1. The summed E-state index contributed by atoms with van der Waals surface area (Å²) in [5.74, 6) is -4.91. The van der Waals surface area contributed by atoms with E-state index in [2.05, 4.69) is 36.9 Å². The van der Waals surface area contributed by atoms with E-state index in [0.717, 1.165) is 11.1 Å². The quantitative estimate of drug-likeness (QED) is 0.0269. The summed E-state index contributed by atoms with van der Waals surface area (Å²) >= 11 is 0. The predicted octanol–water partition coefficient (Wildman–Crippen LogP) is -1.45. The fourth-order valence-electron chi connectivity index (χ4n) is 6.11. The van der Waals surface area contributed by atoms with Crippen LogP contribution in [-0.4, -0.2) is 97.2 Å². The summed E-state index contributed by atoms with van der Waals surface area (Å²) in [6, 6.07) is 20.9. The van der Waals surface area contributed by atoms with Crippen molar-refractivity contribution >= 4 is 47.3 Å². The molecule has 3 rings (SSSR count). The minimum Gasteiger partial charge on any atom is -0.370 e. The van der Waals surface area contributed by atoms with E-state index in [0.29, 0.717) is 12.0 Å². The zero-order chi connectivity index (χ0) is 43.9. The Hall–Kier alpha value is -6.82. The number of hydrogen-bond acceptors (Lipinski definition) is 9. The van der Waals surface area contributed by atoms with Crippen LogP contribution >= 0.6 is 0 Å². The summed E-state index contributed by atoms with van der Waals surface area (Å²) < 4.78 is 0. The average Bonchev–Trinajstić information content (AvgIpc) is 3.23. The average molecular weight is 828 g/mol. The van der Waals surface area contributed by atoms with E-state index in [1.165, 1.54) is 0 Å². The van der Waals surface area contributed by atoms with E-state index in [9.17, 15) is 33.6 Å². The van der Waals surface area contributed by atoms with E-state index < -0.39 is 78.1 Å². The number of amides is 7. The van der Waals surface area contributed by atoms with Crippen LogP contribution in [0.1, 0.15) is 49.3 Å². The van der Waals surface area contributed by atoms with Gasteiger partial charge in [-0.2, -0.15) is 0 Å². The zero-order valence-electron chi connectivity index (χ0n) is 33.7. The highest BCUT2D eigenvalue weighted by molar-refractivity contribution is 5.97. The lowest BCUT2D eigenvalue weighted by Gasteiger charge is -2.27. The van der Waals surface area contributed by atoms with Crippen molar-refractivity contribution in [2.45, 2.75) is 82.1 Å². The number of nitrogens with two attached hydrogens (primary N) is 4. The Morgan fingerprint density at radius 2 is 0.933 bits per heavy atom. The van der Waals surface area contributed by atoms with Crippen LogP contribution in [0.2, 0.25) is 0 Å². The second kappa shape index (κ2) is 25.5. The first-order valence-corrected chi connectivity index (χ1v) is 19.7. The molecule has 18 nitrogen and oxygen atoms in total. The number of rotatable bonds is 25. The van der Waals surface area contributed by atoms with Crippen molar-refractivity contribution < 1.29 is 33.6 Å². The maximum absolute atomic E-state index is 14.2. The van der Waals surface area contributed by atoms with Crippen LogP contribution in [-0.2, 0) is 52.8 Å². The Bertz CT molecular complexity index is 1900. The molecule has 0 saturated carbocycles. The van der Waals surface area contributed by atoms with Gasteiger partial charge in [-0.25, -0.2) is 0 Å². The number of carbonyl (C=O) groups is 7. The van der Waals surface area contributed by atoms with Crippen molar-refractivity contribution in [2.24, 2.45) is 27.9 Å². The fraction of sp³-hybridized carbons (Fsp3) is 0.381. The van der Waals surface area contributed by atoms with Crippen LogP contribution in [0.3, 0.4) is 0 Å². The third-order valence-electron chi connectivity index (χ3n) is 9.21. The number of benzene rings is 3. The van der Waals surface area contributed by atoms with Gasteiger partial charge in [0.25, 0.3) is 0 Å². The van der Waals surface area contributed by atoms with Gasteiger partial charge in [-0.3, -0.25) is 38.6 Å². The maximum Gasteiger partial charge on any atom is 0.243 e. The van der Waals surface area contributed by atoms with Gasteiger partial charge < -0.3 is 54.8 Å². The van der Waals surface area contributed by atoms with Gasteiger partial charge in [0.2, 0.25) is 41.4 Å². The molecule has 7 amide bonds. The number of guanidine groups is 1. The van der Waals surface area contributed by atoms with Crippen LogP contribution in [0.4, 0.5) is 0 Å². The van der Waals surface area contributed by atoms with Crippen molar-refractivity contribution in [3.63, 3.8) is 0 Å². The first-order chi connectivity index (χ1) is 28.8. The van der Waals surface area contributed by atoms with E-state index in [1.807, 2.05) is 13.0 Å². The maximum atomic E-state index is 14.2. The van der Waals surface area contributed by atoms with E-state index in [1.54, 1.807) is 84.9 Å². The summed E-state index contributed by atoms with van der Waals surface area (Å²) in [5.41, 5.74) is 24.1. The molecule has 0 saturated heterocycles. The minimum atomic E-state index is -1.24. The van der Waals surface area contributed by atoms with Gasteiger partial charge >= 0.3 is 0 Å². The molecule has 0 spiro atoms. The van der Waals surface area contributed by atoms with E-state index in [-0.39, 0.29) is 57.6 Å². The Labute approximate surface area is 349 Å². The Morgan fingerprint density at radius 1 is 0.533 bits per heavy atom. The molecular formula is C42H57N11O7. The van der Waals surface area contributed by atoms with Crippen molar-refractivity contribution in [2.75, 3.05) is 19.6 Å². The third kappa shape index (κ3) is 17.4. The monoisotopic (exact) mass is 827 g/mol. The van der Waals surface area contributed by atoms with Crippen molar-refractivity contribution in [1.82, 2.24) is 31.9 Å². The van der Waals surface area contributed by atoms with E-state index in [4.69, 9.17) is 22.9 Å². The summed E-state index contributed by atoms with van der Waals surface area (Å²) in [5, 5.41) is 15.9. The normalized spacial score (nSPS) is 13.2. The van der Waals surface area contributed by atoms with Crippen molar-refractivity contribution in [3.05, 3.63) is 108 Å². The SMILES string of the molecule is CCC[C@H](NC(=O)[C@H](Cc1ccccc1)NC(=O)CNC(=O)CN)C(=O)N[C@@H](Cc1ccccc1)C(=O)N[C@@H](CCCN=C(N)N)C(=O)N[C@@H](Cc1ccccc1)C(N)=O. The lowest BCUT2D eigenvalue weighted by molar-refractivity contribution is -0.135. The number of aliphatic imine (C=N–C) groups is 1. The molecule has 0 unspecified atom stereocenters. The number of primary amides is 1. The van der Waals surface area contributed by atoms with Gasteiger partial charge in [0.1, 0.15) is 30.2 Å². The molecule has 0 aliphatic heterocycles. The molecule has 0 heterocycles. The molecule has 18 heteroatoms. The topological polar surface area (TPSA) is 308 Å². The molecule has 322 valence electrons. The molecule has 3 aromatic carbocycles. The molecule has 0 bridgehead atoms. The third-order valence-corrected chi connectivity index (χ3v) is 9.21. The minimum absolute atomic E-state index is 0.00662. The number of hydrogen-bond donors (Lipinski definition) is 10. The van der Waals surface area contributed by atoms with Gasteiger partial charge in [-0.05, 0) is 36.0 Å². The van der Waals surface area contributed by atoms with Crippen LogP contribution in [0.5, 0.6) is 0 Å². The fourth-order valence-corrected chi connectivity index (χ4v) is 6.11. The summed E-state index contributed by atoms with van der Waals surface area (Å²) in [6.45, 7) is 1.21. The second-order valence-corrected chi connectivity index (χ2v) is 14.1. The lowest BCUT2D eigenvalue weighted by Crippen LogP contribution is -2.60. The van der Waals surface area contributed by atoms with Crippen LogP contribution in [0.25, 0.3) is 0 Å². The van der Waals surface area contributed by atoms with Crippen LogP contribution in [0.15, 0.2) is 96.0 Å². The molecule has 14 N–H and O–H groups in total. The molecule has 0 fully saturated rings. The Morgan fingerprint density at radius 3 is 1.37 bits per heavy atom. The molecule has 0 radical (unpaired) electrons. The molecular weight excluding hydrogens is 771 g/mol. The molecule has 3 aromatic rings. The van der Waals surface area contributed by atoms with Crippen LogP contribution in [0, 0.1) is 0 Å². The molecule has 5 atom stereocenters. The van der Waals surface area contributed by atoms with Gasteiger partial charge in [-0.15, -0.1) is 0 Å². The van der Waals surface area contributed by atoms with Gasteiger partial charge in [0.15, 0.2) is 5.96 Å². The van der Waals surface area contributed by atoms with E-state index >= 15 is 0 Å². The lowest BCUT2D eigenvalue weighted by atomic mass is 10.0. The standard InChI is InChI=1S/C42H57N11O7/c1-2-13-30(50-40(59)33(23-28-16-8-4-9-17-28)49-36(55)26-48-35(54)25-43)38(57)53-34(24-29-18-10-5-11-19-29)41(60)51-31(20-12-21-47-42(45)46)39(58)52-32(37(44)56)22-27-14-6-3-7-15-27/h3-11,14-19,30-34H,2,12-13,20-26,43H2,1H3,(H2,44,56)(H,48,54)(H,49,55)(H,50,59)(H,51,60)(H,52,58)(H,53,57)(H4,45,46,47)/t30-,31-,32-,33-,34-/m0/s1. The summed E-state index contributed by atoms with van der Waals surface area (Å²) in [7, 11) is 0. The smallest absolute Gasteiger partial charge is 0.243 e. The number of carbonyl (C=O) groups excluding carboxylic acids is 7. The summed E-state index contributed by atoms with van der Waals surface area (Å²) in [4.78, 5) is 96.7. The van der Waals surface area contributed by atoms with Crippen molar-refractivity contribution in [3.8, 4) is 0 Å². The molecule has 0 aliphatic rings. The van der Waals surface area contributed by atoms with Gasteiger partial charge in [0.05, 0.1) is 13.1 Å². The highest BCUT2D eigenvalue weighted by Crippen LogP contribution is 2.10. The molecule has 0 aliphatic carbocycles. The second-order valence-electron chi connectivity index (χ2n) is 14.1. The van der Waals surface area contributed by atoms with Crippen molar-refractivity contribution in [1.29, 1.82) is 0 Å². The highest BCUT2D eigenvalue weighted by Gasteiger charge is 2.32. The molecule has 60 heavy (non-hydrogen) atoms. The zero-order valence-corrected chi connectivity index (χ0v) is 33.7. The first kappa shape index (κ1) is 47.6. The Kier molecular flexibility index (Phi) is 20.2. The Balaban J connectivity index is 1.86. The first-order valence-electron chi connectivity index (χ1n) is 19.7. The highest BCUT2D eigenvalue weighted by atomic mass is 16.2. The molecule has 0 aromatic heterocycles. The van der Waals surface area contributed by atoms with Gasteiger partial charge in [0, 0.05) is 25.8 Å². The largest absolute Gasteiger partial charge is 0.370 e.